The van der Waals surface area contributed by atoms with Gasteiger partial charge >= 0.3 is 0 Å². The van der Waals surface area contributed by atoms with Crippen LogP contribution in [0.5, 0.6) is 5.88 Å². The van der Waals surface area contributed by atoms with Gasteiger partial charge in [0.05, 0.1) is 11.3 Å². The van der Waals surface area contributed by atoms with E-state index in [1.165, 1.54) is 0 Å². The topological polar surface area (TPSA) is 88.0 Å². The molecule has 2 heterocycles. The fourth-order valence-corrected chi connectivity index (χ4v) is 2.80. The second kappa shape index (κ2) is 4.21. The van der Waals surface area contributed by atoms with E-state index in [4.69, 9.17) is 5.53 Å². The molecule has 0 radical (unpaired) electrons. The van der Waals surface area contributed by atoms with Crippen LogP contribution in [0.1, 0.15) is 0 Å². The van der Waals surface area contributed by atoms with Crippen LogP contribution < -0.4 is 0 Å². The van der Waals surface area contributed by atoms with Gasteiger partial charge in [-0.2, -0.15) is 5.11 Å². The Hall–Kier alpha value is -3.08. The van der Waals surface area contributed by atoms with Crippen molar-refractivity contribution in [3.63, 3.8) is 0 Å². The van der Waals surface area contributed by atoms with Crippen LogP contribution in [-0.2, 0) is 0 Å². The van der Waals surface area contributed by atoms with Gasteiger partial charge in [0, 0.05) is 21.8 Å². The highest BCUT2D eigenvalue weighted by Crippen LogP contribution is 2.43. The molecular weight excluding hydrogens is 264 g/mol. The number of nitrogens with one attached hydrogen (secondary N) is 3. The molecule has 0 aliphatic rings. The third-order valence-corrected chi connectivity index (χ3v) is 3.73. The number of aromatic amines is 2. The lowest BCUT2D eigenvalue weighted by molar-refractivity contribution is 0.460. The first-order valence-corrected chi connectivity index (χ1v) is 6.58. The van der Waals surface area contributed by atoms with E-state index in [0.29, 0.717) is 16.9 Å². The van der Waals surface area contributed by atoms with Gasteiger partial charge < -0.3 is 15.1 Å². The molecule has 0 aliphatic heterocycles. The highest BCUT2D eigenvalue weighted by Gasteiger charge is 2.19. The number of aromatic hydroxyl groups is 1. The SMILES string of the molecule is N=Nc1c(-c2c(O)[nH]c3ccccc23)[nH]c2ccccc12. The molecule has 0 spiro atoms. The van der Waals surface area contributed by atoms with Crippen molar-refractivity contribution in [2.45, 2.75) is 0 Å². The molecule has 102 valence electrons. The molecule has 0 amide bonds. The summed E-state index contributed by atoms with van der Waals surface area (Å²) in [5, 5.41) is 15.7. The maximum atomic E-state index is 10.3. The number of fused-ring (bicyclic) bond motifs is 2. The Morgan fingerprint density at radius 1 is 0.857 bits per heavy atom. The molecule has 21 heavy (non-hydrogen) atoms. The maximum Gasteiger partial charge on any atom is 0.199 e. The molecule has 0 fully saturated rings. The molecule has 4 aromatic rings. The standard InChI is InChI=1S/C16H12N4O/c17-20-14-10-6-2-4-8-12(10)18-15(14)13-9-5-1-3-7-11(9)19-16(13)21/h1-8,17-19,21H. The molecule has 4 rings (SSSR count). The fourth-order valence-electron chi connectivity index (χ4n) is 2.80. The van der Waals surface area contributed by atoms with Crippen LogP contribution in [0.25, 0.3) is 33.1 Å². The zero-order valence-electron chi connectivity index (χ0n) is 11.0. The number of benzene rings is 2. The first-order valence-electron chi connectivity index (χ1n) is 6.58. The number of nitrogens with zero attached hydrogens (tertiary/aromatic N) is 1. The number of hydrogen-bond acceptors (Lipinski definition) is 3. The van der Waals surface area contributed by atoms with Gasteiger partial charge in [-0.1, -0.05) is 36.4 Å². The maximum absolute atomic E-state index is 10.3. The van der Waals surface area contributed by atoms with Crippen LogP contribution in [0.15, 0.2) is 53.6 Å². The van der Waals surface area contributed by atoms with Crippen molar-refractivity contribution in [3.05, 3.63) is 48.5 Å². The van der Waals surface area contributed by atoms with E-state index in [9.17, 15) is 5.11 Å². The van der Waals surface area contributed by atoms with Crippen molar-refractivity contribution in [2.24, 2.45) is 5.11 Å². The second-order valence-electron chi connectivity index (χ2n) is 4.90. The molecule has 2 aromatic carbocycles. The monoisotopic (exact) mass is 276 g/mol. The van der Waals surface area contributed by atoms with E-state index < -0.39 is 0 Å². The van der Waals surface area contributed by atoms with Crippen molar-refractivity contribution >= 4 is 27.5 Å². The molecule has 2 aromatic heterocycles. The summed E-state index contributed by atoms with van der Waals surface area (Å²) < 4.78 is 0. The summed E-state index contributed by atoms with van der Waals surface area (Å²) in [6.45, 7) is 0. The van der Waals surface area contributed by atoms with Crippen molar-refractivity contribution in [1.29, 1.82) is 5.53 Å². The first-order chi connectivity index (χ1) is 10.3. The Labute approximate surface area is 119 Å². The van der Waals surface area contributed by atoms with Crippen LogP contribution in [0.3, 0.4) is 0 Å². The summed E-state index contributed by atoms with van der Waals surface area (Å²) in [6.07, 6.45) is 0. The van der Waals surface area contributed by atoms with Gasteiger partial charge in [-0.15, -0.1) is 0 Å². The smallest absolute Gasteiger partial charge is 0.199 e. The lowest BCUT2D eigenvalue weighted by atomic mass is 10.1. The predicted octanol–water partition coefficient (Wildman–Crippen LogP) is 4.68. The Morgan fingerprint density at radius 2 is 1.48 bits per heavy atom. The largest absolute Gasteiger partial charge is 0.494 e. The van der Waals surface area contributed by atoms with Crippen LogP contribution in [-0.4, -0.2) is 15.1 Å². The van der Waals surface area contributed by atoms with E-state index in [0.717, 1.165) is 21.8 Å². The minimum atomic E-state index is 0.0765. The van der Waals surface area contributed by atoms with Gasteiger partial charge in [-0.3, -0.25) is 0 Å². The van der Waals surface area contributed by atoms with Gasteiger partial charge in [0.15, 0.2) is 5.88 Å². The average Bonchev–Trinajstić information content (AvgIpc) is 3.02. The second-order valence-corrected chi connectivity index (χ2v) is 4.90. The van der Waals surface area contributed by atoms with E-state index in [-0.39, 0.29) is 5.88 Å². The lowest BCUT2D eigenvalue weighted by Gasteiger charge is -1.99. The molecular formula is C16H12N4O. The average molecular weight is 276 g/mol. The van der Waals surface area contributed by atoms with Crippen molar-refractivity contribution in [1.82, 2.24) is 9.97 Å². The molecule has 5 heteroatoms. The number of H-pyrrole nitrogens is 2. The number of rotatable bonds is 2. The molecule has 0 bridgehead atoms. The van der Waals surface area contributed by atoms with Crippen molar-refractivity contribution in [3.8, 4) is 17.1 Å². The van der Waals surface area contributed by atoms with E-state index >= 15 is 0 Å². The molecule has 0 atom stereocenters. The summed E-state index contributed by atoms with van der Waals surface area (Å²) in [5.41, 5.74) is 11.0. The Morgan fingerprint density at radius 3 is 2.19 bits per heavy atom. The van der Waals surface area contributed by atoms with Crippen molar-refractivity contribution < 1.29 is 5.11 Å². The van der Waals surface area contributed by atoms with Crippen LogP contribution >= 0.6 is 0 Å². The zero-order chi connectivity index (χ0) is 14.4. The predicted molar refractivity (Wildman–Crippen MR) is 82.1 cm³/mol. The van der Waals surface area contributed by atoms with E-state index in [1.54, 1.807) is 0 Å². The first kappa shape index (κ1) is 11.7. The Balaban J connectivity index is 2.13. The zero-order valence-corrected chi connectivity index (χ0v) is 11.0. The van der Waals surface area contributed by atoms with Gasteiger partial charge in [0.2, 0.25) is 0 Å². The molecule has 0 saturated heterocycles. The van der Waals surface area contributed by atoms with Gasteiger partial charge in [-0.05, 0) is 12.1 Å². The van der Waals surface area contributed by atoms with Crippen LogP contribution in [0.4, 0.5) is 5.69 Å². The van der Waals surface area contributed by atoms with Gasteiger partial charge in [0.1, 0.15) is 5.69 Å². The summed E-state index contributed by atoms with van der Waals surface area (Å²) >= 11 is 0. The molecule has 5 nitrogen and oxygen atoms in total. The van der Waals surface area contributed by atoms with E-state index in [2.05, 4.69) is 15.1 Å². The van der Waals surface area contributed by atoms with Gasteiger partial charge in [-0.25, -0.2) is 5.53 Å². The van der Waals surface area contributed by atoms with E-state index in [1.807, 2.05) is 48.5 Å². The van der Waals surface area contributed by atoms with Crippen LogP contribution in [0, 0.1) is 5.53 Å². The Bertz CT molecular complexity index is 980. The van der Waals surface area contributed by atoms with Gasteiger partial charge in [0.25, 0.3) is 0 Å². The number of aromatic nitrogens is 2. The van der Waals surface area contributed by atoms with Crippen molar-refractivity contribution in [2.75, 3.05) is 0 Å². The minimum absolute atomic E-state index is 0.0765. The Kier molecular flexibility index (Phi) is 2.35. The minimum Gasteiger partial charge on any atom is -0.494 e. The number of para-hydroxylation sites is 2. The third kappa shape index (κ3) is 1.57. The number of hydrogen-bond donors (Lipinski definition) is 4. The quantitative estimate of drug-likeness (QED) is 0.393. The summed E-state index contributed by atoms with van der Waals surface area (Å²) in [5.74, 6) is 0.0765. The van der Waals surface area contributed by atoms with Crippen LogP contribution in [0.2, 0.25) is 0 Å². The normalized spacial score (nSPS) is 11.2. The lowest BCUT2D eigenvalue weighted by Crippen LogP contribution is -1.76. The molecule has 0 saturated carbocycles. The molecule has 0 unspecified atom stereocenters. The molecule has 4 N–H and O–H groups in total. The highest BCUT2D eigenvalue weighted by atomic mass is 16.3. The summed E-state index contributed by atoms with van der Waals surface area (Å²) in [4.78, 5) is 6.21. The fraction of sp³-hybridized carbons (Fsp3) is 0. The molecule has 0 aliphatic carbocycles. The highest BCUT2D eigenvalue weighted by molar-refractivity contribution is 6.07. The third-order valence-electron chi connectivity index (χ3n) is 3.73. The summed E-state index contributed by atoms with van der Waals surface area (Å²) in [7, 11) is 0. The summed E-state index contributed by atoms with van der Waals surface area (Å²) in [6, 6.07) is 15.3.